The number of allylic oxidation sites excluding steroid dienone is 1. The van der Waals surface area contributed by atoms with Gasteiger partial charge in [-0.05, 0) is 6.92 Å². The predicted octanol–water partition coefficient (Wildman–Crippen LogP) is 0.0124. The van der Waals surface area contributed by atoms with Crippen LogP contribution in [0.3, 0.4) is 0 Å². The first-order valence-electron chi connectivity index (χ1n) is 5.46. The molecule has 0 bridgehead atoms. The SMILES string of the molecule is C/C=C1\C(=O)N2C(C(=O)O)=C(SCCC(=O)O)S[C@H]12.[NaH].[NaH]. The first-order chi connectivity index (χ1) is 8.97. The van der Waals surface area contributed by atoms with Gasteiger partial charge in [-0.3, -0.25) is 14.5 Å². The zero-order valence-electron chi connectivity index (χ0n) is 9.95. The summed E-state index contributed by atoms with van der Waals surface area (Å²) < 4.78 is 0.504. The van der Waals surface area contributed by atoms with E-state index in [1.165, 1.54) is 28.4 Å². The fraction of sp³-hybridized carbons (Fsp3) is 0.364. The molecule has 0 aromatic heterocycles. The molecule has 106 valence electrons. The number of aliphatic carboxylic acids is 2. The molecule has 0 radical (unpaired) electrons. The summed E-state index contributed by atoms with van der Waals surface area (Å²) in [4.78, 5) is 34.7. The monoisotopic (exact) mass is 349 g/mol. The summed E-state index contributed by atoms with van der Waals surface area (Å²) >= 11 is 2.46. The molecule has 2 heterocycles. The number of β-lactam (4-membered cyclic amide) rings is 1. The van der Waals surface area contributed by atoms with Crippen molar-refractivity contribution in [3.8, 4) is 0 Å². The molecule has 2 rings (SSSR count). The van der Waals surface area contributed by atoms with Gasteiger partial charge in [0.15, 0.2) is 5.70 Å². The van der Waals surface area contributed by atoms with Crippen LogP contribution < -0.4 is 0 Å². The molecule has 1 fully saturated rings. The Labute approximate surface area is 174 Å². The second-order valence-corrected chi connectivity index (χ2v) is 6.28. The minimum atomic E-state index is -1.16. The van der Waals surface area contributed by atoms with E-state index in [0.29, 0.717) is 9.81 Å². The van der Waals surface area contributed by atoms with Crippen LogP contribution in [0.25, 0.3) is 0 Å². The van der Waals surface area contributed by atoms with Crippen molar-refractivity contribution >= 4 is 100 Å². The Morgan fingerprint density at radius 1 is 1.38 bits per heavy atom. The summed E-state index contributed by atoms with van der Waals surface area (Å²) in [6.45, 7) is 1.74. The van der Waals surface area contributed by atoms with Crippen LogP contribution in [0.5, 0.6) is 0 Å². The maximum atomic E-state index is 11.8. The van der Waals surface area contributed by atoms with Gasteiger partial charge in [0.25, 0.3) is 5.91 Å². The molecule has 0 aliphatic carbocycles. The number of carboxylic acids is 2. The van der Waals surface area contributed by atoms with Crippen LogP contribution in [0.2, 0.25) is 0 Å². The average molecular weight is 349 g/mol. The summed E-state index contributed by atoms with van der Waals surface area (Å²) in [5.74, 6) is -2.09. The molecule has 0 aromatic carbocycles. The van der Waals surface area contributed by atoms with E-state index in [2.05, 4.69) is 0 Å². The number of nitrogens with zero attached hydrogens (tertiary/aromatic N) is 1. The molecule has 10 heteroatoms. The Balaban J connectivity index is 0.00000200. The second-order valence-electron chi connectivity index (χ2n) is 3.82. The number of thioether (sulfide) groups is 2. The van der Waals surface area contributed by atoms with Gasteiger partial charge in [0.1, 0.15) is 5.37 Å². The van der Waals surface area contributed by atoms with Crippen LogP contribution in [0.4, 0.5) is 0 Å². The molecule has 2 aliphatic heterocycles. The summed E-state index contributed by atoms with van der Waals surface area (Å²) in [6, 6.07) is 0. The molecule has 0 unspecified atom stereocenters. The number of carbonyl (C=O) groups excluding carboxylic acids is 1. The summed E-state index contributed by atoms with van der Waals surface area (Å²) in [5, 5.41) is 17.5. The number of carboxylic acid groups (broad SMARTS) is 2. The van der Waals surface area contributed by atoms with Crippen LogP contribution >= 0.6 is 23.5 Å². The Bertz CT molecular complexity index is 535. The van der Waals surface area contributed by atoms with E-state index in [-0.39, 0.29) is 88.3 Å². The van der Waals surface area contributed by atoms with Crippen molar-refractivity contribution < 1.29 is 24.6 Å². The zero-order chi connectivity index (χ0) is 14.2. The Morgan fingerprint density at radius 2 is 2.00 bits per heavy atom. The molecule has 1 amide bonds. The van der Waals surface area contributed by atoms with Crippen molar-refractivity contribution in [3.05, 3.63) is 21.6 Å². The number of hydrogen-bond acceptors (Lipinski definition) is 5. The Hall–Kier alpha value is 0.590. The van der Waals surface area contributed by atoms with Gasteiger partial charge in [-0.15, -0.1) is 11.8 Å². The standard InChI is InChI=1S/C11H11NO5S2.2Na.2H/c1-2-5-8(15)12-7(10(16)17)11(19-9(5)12)18-4-3-6(13)14;;;;/h2,9H,3-4H2,1H3,(H,13,14)(H,16,17);;;;/b5-2+;;;;/t9-;;;;/m1..../s1. The molecular formula is C11H13NNa2O5S2. The van der Waals surface area contributed by atoms with E-state index in [4.69, 9.17) is 5.11 Å². The van der Waals surface area contributed by atoms with Crippen molar-refractivity contribution in [1.82, 2.24) is 4.90 Å². The van der Waals surface area contributed by atoms with Crippen molar-refractivity contribution in [3.63, 3.8) is 0 Å². The minimum absolute atomic E-state index is 0. The van der Waals surface area contributed by atoms with Crippen LogP contribution in [0.15, 0.2) is 21.6 Å². The normalized spacial score (nSPS) is 21.4. The predicted molar refractivity (Wildman–Crippen MR) is 85.7 cm³/mol. The summed E-state index contributed by atoms with van der Waals surface area (Å²) in [7, 11) is 0. The van der Waals surface area contributed by atoms with Gasteiger partial charge >= 0.3 is 71.1 Å². The van der Waals surface area contributed by atoms with Crippen LogP contribution in [0.1, 0.15) is 13.3 Å². The first-order valence-corrected chi connectivity index (χ1v) is 7.32. The molecular weight excluding hydrogens is 336 g/mol. The molecule has 1 saturated heterocycles. The molecule has 0 spiro atoms. The zero-order valence-corrected chi connectivity index (χ0v) is 11.6. The number of carbonyl (C=O) groups is 3. The maximum absolute atomic E-state index is 11.8. The quantitative estimate of drug-likeness (QED) is 0.410. The van der Waals surface area contributed by atoms with Crippen LogP contribution in [0, 0.1) is 0 Å². The third kappa shape index (κ3) is 4.32. The van der Waals surface area contributed by atoms with E-state index in [1.54, 1.807) is 13.0 Å². The molecule has 0 aromatic rings. The fourth-order valence-corrected chi connectivity index (χ4v) is 4.56. The Morgan fingerprint density at radius 3 is 2.48 bits per heavy atom. The molecule has 6 nitrogen and oxygen atoms in total. The van der Waals surface area contributed by atoms with Gasteiger partial charge in [-0.2, -0.15) is 0 Å². The first kappa shape index (κ1) is 21.6. The molecule has 2 aliphatic rings. The summed E-state index contributed by atoms with van der Waals surface area (Å²) in [6.07, 6.45) is 1.64. The van der Waals surface area contributed by atoms with Gasteiger partial charge in [-0.1, -0.05) is 17.8 Å². The van der Waals surface area contributed by atoms with Gasteiger partial charge < -0.3 is 10.2 Å². The Kier molecular flexibility index (Phi) is 9.28. The third-order valence-corrected chi connectivity index (χ3v) is 5.28. The number of rotatable bonds is 5. The van der Waals surface area contributed by atoms with E-state index in [9.17, 15) is 19.5 Å². The molecule has 21 heavy (non-hydrogen) atoms. The third-order valence-electron chi connectivity index (χ3n) is 2.68. The van der Waals surface area contributed by atoms with Gasteiger partial charge in [0.05, 0.1) is 10.7 Å². The van der Waals surface area contributed by atoms with E-state index in [1.807, 2.05) is 0 Å². The summed E-state index contributed by atoms with van der Waals surface area (Å²) in [5.41, 5.74) is 0.568. The molecule has 2 N–H and O–H groups in total. The fourth-order valence-electron chi connectivity index (χ4n) is 1.80. The van der Waals surface area contributed by atoms with E-state index in [0.717, 1.165) is 0 Å². The van der Waals surface area contributed by atoms with Gasteiger partial charge in [0, 0.05) is 11.3 Å². The molecule has 1 atom stereocenters. The van der Waals surface area contributed by atoms with Crippen molar-refractivity contribution in [2.75, 3.05) is 5.75 Å². The number of amides is 1. The van der Waals surface area contributed by atoms with Crippen LogP contribution in [-0.4, -0.2) is 103 Å². The number of fused-ring (bicyclic) bond motifs is 1. The molecule has 0 saturated carbocycles. The van der Waals surface area contributed by atoms with E-state index >= 15 is 0 Å². The second kappa shape index (κ2) is 9.02. The van der Waals surface area contributed by atoms with Crippen LogP contribution in [-0.2, 0) is 14.4 Å². The van der Waals surface area contributed by atoms with Crippen molar-refractivity contribution in [1.29, 1.82) is 0 Å². The van der Waals surface area contributed by atoms with E-state index < -0.39 is 11.9 Å². The average Bonchev–Trinajstić information content (AvgIpc) is 2.65. The van der Waals surface area contributed by atoms with Crippen molar-refractivity contribution in [2.45, 2.75) is 18.7 Å². The topological polar surface area (TPSA) is 94.9 Å². The van der Waals surface area contributed by atoms with Crippen molar-refractivity contribution in [2.24, 2.45) is 0 Å². The van der Waals surface area contributed by atoms with Gasteiger partial charge in [0.2, 0.25) is 0 Å². The number of hydrogen-bond donors (Lipinski definition) is 2. The van der Waals surface area contributed by atoms with Gasteiger partial charge in [-0.25, -0.2) is 4.79 Å².